The Morgan fingerprint density at radius 1 is 1.04 bits per heavy atom. The third-order valence-electron chi connectivity index (χ3n) is 9.60. The topological polar surface area (TPSA) is 17.1 Å². The summed E-state index contributed by atoms with van der Waals surface area (Å²) in [6.45, 7) is 15.0. The SMILES string of the molecule is CC1CCC2C3C(C(C)(C)C)CC4=CC(=O)CCC4(C)C3CCC12C. The quantitative estimate of drug-likeness (QED) is 0.496. The lowest BCUT2D eigenvalue weighted by Gasteiger charge is -2.62. The van der Waals surface area contributed by atoms with E-state index in [1.807, 2.05) is 0 Å². The summed E-state index contributed by atoms with van der Waals surface area (Å²) in [4.78, 5) is 12.2. The molecule has 0 radical (unpaired) electrons. The molecule has 7 unspecified atom stereocenters. The fourth-order valence-corrected chi connectivity index (χ4v) is 7.71. The third kappa shape index (κ3) is 2.43. The van der Waals surface area contributed by atoms with Crippen molar-refractivity contribution in [3.63, 3.8) is 0 Å². The molecule has 7 atom stereocenters. The summed E-state index contributed by atoms with van der Waals surface area (Å²) < 4.78 is 0. The van der Waals surface area contributed by atoms with Crippen molar-refractivity contribution < 1.29 is 4.79 Å². The first-order chi connectivity index (χ1) is 11.6. The molecule has 3 saturated carbocycles. The van der Waals surface area contributed by atoms with Gasteiger partial charge in [0.25, 0.3) is 0 Å². The van der Waals surface area contributed by atoms with E-state index in [-0.39, 0.29) is 0 Å². The molecule has 4 rings (SSSR count). The molecule has 1 nitrogen and oxygen atoms in total. The molecular weight excluding hydrogens is 304 g/mol. The fraction of sp³-hybridized carbons (Fsp3) is 0.875. The maximum Gasteiger partial charge on any atom is 0.155 e. The minimum absolute atomic E-state index is 0.299. The van der Waals surface area contributed by atoms with Gasteiger partial charge in [-0.1, -0.05) is 47.1 Å². The maximum absolute atomic E-state index is 12.2. The van der Waals surface area contributed by atoms with Gasteiger partial charge >= 0.3 is 0 Å². The highest BCUT2D eigenvalue weighted by molar-refractivity contribution is 5.91. The molecule has 4 aliphatic rings. The van der Waals surface area contributed by atoms with Gasteiger partial charge in [-0.15, -0.1) is 0 Å². The molecule has 4 aliphatic carbocycles. The normalized spacial score (nSPS) is 49.9. The minimum Gasteiger partial charge on any atom is -0.295 e. The lowest BCUT2D eigenvalue weighted by Crippen LogP contribution is -2.55. The zero-order valence-electron chi connectivity index (χ0n) is 17.3. The number of ketones is 1. The van der Waals surface area contributed by atoms with Crippen molar-refractivity contribution in [3.8, 4) is 0 Å². The molecule has 0 bridgehead atoms. The van der Waals surface area contributed by atoms with E-state index < -0.39 is 0 Å². The highest BCUT2D eigenvalue weighted by atomic mass is 16.1. The summed E-state index contributed by atoms with van der Waals surface area (Å²) in [6.07, 6.45) is 10.8. The van der Waals surface area contributed by atoms with Crippen molar-refractivity contribution in [2.75, 3.05) is 0 Å². The van der Waals surface area contributed by atoms with Crippen LogP contribution in [0.4, 0.5) is 0 Å². The van der Waals surface area contributed by atoms with E-state index in [1.165, 1.54) is 37.7 Å². The van der Waals surface area contributed by atoms with Crippen LogP contribution in [-0.4, -0.2) is 5.78 Å². The van der Waals surface area contributed by atoms with E-state index in [2.05, 4.69) is 47.6 Å². The number of fused-ring (bicyclic) bond motifs is 5. The van der Waals surface area contributed by atoms with Crippen molar-refractivity contribution in [1.82, 2.24) is 0 Å². The average molecular weight is 343 g/mol. The Bertz CT molecular complexity index is 608. The van der Waals surface area contributed by atoms with Gasteiger partial charge in [0.05, 0.1) is 0 Å². The van der Waals surface area contributed by atoms with Crippen LogP contribution in [0, 0.1) is 45.8 Å². The largest absolute Gasteiger partial charge is 0.295 e. The van der Waals surface area contributed by atoms with Gasteiger partial charge in [-0.3, -0.25) is 4.79 Å². The number of carbonyl (C=O) groups excluding carboxylic acids is 1. The lowest BCUT2D eigenvalue weighted by atomic mass is 9.42. The molecule has 0 aliphatic heterocycles. The molecule has 140 valence electrons. The van der Waals surface area contributed by atoms with Crippen LogP contribution in [0.2, 0.25) is 0 Å². The first-order valence-corrected chi connectivity index (χ1v) is 10.8. The Kier molecular flexibility index (Phi) is 3.89. The van der Waals surface area contributed by atoms with E-state index in [0.717, 1.165) is 42.4 Å². The molecule has 1 heteroatoms. The zero-order chi connectivity index (χ0) is 18.2. The predicted octanol–water partition coefficient (Wildman–Crippen LogP) is 6.43. The average Bonchev–Trinajstić information content (AvgIpc) is 2.82. The van der Waals surface area contributed by atoms with Crippen LogP contribution in [0.25, 0.3) is 0 Å². The smallest absolute Gasteiger partial charge is 0.155 e. The summed E-state index contributed by atoms with van der Waals surface area (Å²) in [5.74, 6) is 4.57. The first-order valence-electron chi connectivity index (χ1n) is 10.8. The molecule has 0 spiro atoms. The van der Waals surface area contributed by atoms with Crippen molar-refractivity contribution in [1.29, 1.82) is 0 Å². The monoisotopic (exact) mass is 342 g/mol. The van der Waals surface area contributed by atoms with Gasteiger partial charge in [-0.2, -0.15) is 0 Å². The molecule has 0 heterocycles. The van der Waals surface area contributed by atoms with Gasteiger partial charge in [0.15, 0.2) is 5.78 Å². The summed E-state index contributed by atoms with van der Waals surface area (Å²) in [5.41, 5.74) is 2.70. The van der Waals surface area contributed by atoms with Crippen LogP contribution in [0.5, 0.6) is 0 Å². The molecule has 0 aromatic rings. The van der Waals surface area contributed by atoms with Crippen molar-refractivity contribution in [2.45, 2.75) is 86.5 Å². The molecule has 25 heavy (non-hydrogen) atoms. The predicted molar refractivity (Wildman–Crippen MR) is 104 cm³/mol. The Morgan fingerprint density at radius 3 is 2.44 bits per heavy atom. The summed E-state index contributed by atoms with van der Waals surface area (Å²) >= 11 is 0. The highest BCUT2D eigenvalue weighted by Crippen LogP contribution is 2.69. The van der Waals surface area contributed by atoms with Crippen LogP contribution >= 0.6 is 0 Å². The number of carbonyl (C=O) groups is 1. The summed E-state index contributed by atoms with van der Waals surface area (Å²) in [6, 6.07) is 0. The molecule has 0 aromatic heterocycles. The fourth-order valence-electron chi connectivity index (χ4n) is 7.71. The van der Waals surface area contributed by atoms with Gasteiger partial charge in [0.2, 0.25) is 0 Å². The van der Waals surface area contributed by atoms with Gasteiger partial charge in [0, 0.05) is 6.42 Å². The molecule has 0 aromatic carbocycles. The maximum atomic E-state index is 12.2. The standard InChI is InChI=1S/C24H38O/c1-15-7-8-18-21-19(10-12-23(15,18)5)24(6)11-9-17(25)13-16(24)14-20(21)22(2,3)4/h13,15,18-21H,7-12,14H2,1-6H3. The van der Waals surface area contributed by atoms with E-state index in [4.69, 9.17) is 0 Å². The van der Waals surface area contributed by atoms with Crippen molar-refractivity contribution in [3.05, 3.63) is 11.6 Å². The minimum atomic E-state index is 0.299. The zero-order valence-corrected chi connectivity index (χ0v) is 17.3. The number of rotatable bonds is 0. The van der Waals surface area contributed by atoms with Crippen molar-refractivity contribution in [2.24, 2.45) is 45.8 Å². The number of allylic oxidation sites excluding steroid dienone is 1. The highest BCUT2D eigenvalue weighted by Gasteiger charge is 2.61. The van der Waals surface area contributed by atoms with E-state index in [1.54, 1.807) is 0 Å². The molecule has 0 N–H and O–H groups in total. The second kappa shape index (κ2) is 5.46. The Morgan fingerprint density at radius 2 is 1.76 bits per heavy atom. The third-order valence-corrected chi connectivity index (χ3v) is 9.60. The van der Waals surface area contributed by atoms with Gasteiger partial charge in [-0.05, 0) is 90.4 Å². The summed E-state index contributed by atoms with van der Waals surface area (Å²) in [7, 11) is 0. The van der Waals surface area contributed by atoms with E-state index in [9.17, 15) is 4.79 Å². The Labute approximate surface area is 155 Å². The van der Waals surface area contributed by atoms with Crippen LogP contribution in [0.3, 0.4) is 0 Å². The van der Waals surface area contributed by atoms with Crippen molar-refractivity contribution >= 4 is 5.78 Å². The molecule has 3 fully saturated rings. The first kappa shape index (κ1) is 17.8. The Hall–Kier alpha value is -0.590. The van der Waals surface area contributed by atoms with Crippen LogP contribution in [0.15, 0.2) is 11.6 Å². The van der Waals surface area contributed by atoms with Gasteiger partial charge in [-0.25, -0.2) is 0 Å². The number of hydrogen-bond donors (Lipinski definition) is 0. The second-order valence-electron chi connectivity index (χ2n) is 11.5. The van der Waals surface area contributed by atoms with Crippen LogP contribution in [0.1, 0.15) is 86.5 Å². The summed E-state index contributed by atoms with van der Waals surface area (Å²) in [5, 5.41) is 0. The van der Waals surface area contributed by atoms with Crippen LogP contribution < -0.4 is 0 Å². The van der Waals surface area contributed by atoms with Gasteiger partial charge in [0.1, 0.15) is 0 Å². The number of hydrogen-bond acceptors (Lipinski definition) is 1. The molecule has 0 saturated heterocycles. The molecular formula is C24H38O. The van der Waals surface area contributed by atoms with E-state index in [0.29, 0.717) is 22.0 Å². The van der Waals surface area contributed by atoms with Crippen LogP contribution in [-0.2, 0) is 4.79 Å². The molecule has 0 amide bonds. The lowest BCUT2D eigenvalue weighted by molar-refractivity contribution is -0.121. The van der Waals surface area contributed by atoms with E-state index >= 15 is 0 Å². The van der Waals surface area contributed by atoms with Gasteiger partial charge < -0.3 is 0 Å². The Balaban J connectivity index is 1.81. The second-order valence-corrected chi connectivity index (χ2v) is 11.5.